The highest BCUT2D eigenvalue weighted by molar-refractivity contribution is 6.22. The van der Waals surface area contributed by atoms with Crippen molar-refractivity contribution in [2.24, 2.45) is 10.7 Å². The summed E-state index contributed by atoms with van der Waals surface area (Å²) in [6.07, 6.45) is 4.42. The van der Waals surface area contributed by atoms with Crippen LogP contribution >= 0.6 is 0 Å². The lowest BCUT2D eigenvalue weighted by atomic mass is 10.0. The number of fused-ring (bicyclic) bond motifs is 1. The second-order valence-electron chi connectivity index (χ2n) is 9.16. The number of aromatic hydroxyl groups is 1. The fourth-order valence-electron chi connectivity index (χ4n) is 4.73. The number of amides is 2. The van der Waals surface area contributed by atoms with Gasteiger partial charge in [0, 0.05) is 41.6 Å². The fraction of sp³-hybridized carbons (Fsp3) is 0.138. The second-order valence-corrected chi connectivity index (χ2v) is 9.16. The summed E-state index contributed by atoms with van der Waals surface area (Å²) in [6, 6.07) is 20.4. The topological polar surface area (TPSA) is 155 Å². The second kappa shape index (κ2) is 10.6. The van der Waals surface area contributed by atoms with Crippen LogP contribution in [0.2, 0.25) is 0 Å². The number of aromatic amines is 1. The summed E-state index contributed by atoms with van der Waals surface area (Å²) in [7, 11) is 0. The van der Waals surface area contributed by atoms with Crippen molar-refractivity contribution < 1.29 is 19.6 Å². The molecule has 4 aromatic rings. The molecule has 2 amide bonds. The minimum absolute atomic E-state index is 0.0903. The van der Waals surface area contributed by atoms with E-state index in [1.54, 1.807) is 6.07 Å². The first-order valence-corrected chi connectivity index (χ1v) is 12.3. The van der Waals surface area contributed by atoms with Crippen molar-refractivity contribution in [2.45, 2.75) is 18.9 Å². The average molecular weight is 524 g/mol. The average Bonchev–Trinajstić information content (AvgIpc) is 3.46. The van der Waals surface area contributed by atoms with Gasteiger partial charge in [0.1, 0.15) is 6.04 Å². The molecule has 39 heavy (non-hydrogen) atoms. The third kappa shape index (κ3) is 5.26. The SMILES string of the molecule is NC(=O)C1CCC(=O)N1C/C=C/c1ccc(N=C(c2ccccc2)c2c(O)[nH]c3ccc([N+](=O)[O-])cc23)cc1. The number of non-ortho nitro benzene ring substituents is 1. The molecule has 10 nitrogen and oxygen atoms in total. The van der Waals surface area contributed by atoms with Crippen LogP contribution in [-0.4, -0.2) is 50.0 Å². The van der Waals surface area contributed by atoms with Crippen molar-refractivity contribution >= 4 is 45.9 Å². The molecule has 0 bridgehead atoms. The van der Waals surface area contributed by atoms with Crippen LogP contribution in [0.15, 0.2) is 83.9 Å². The van der Waals surface area contributed by atoms with Crippen LogP contribution in [0, 0.1) is 10.1 Å². The Hall–Kier alpha value is -5.25. The molecular weight excluding hydrogens is 498 g/mol. The van der Waals surface area contributed by atoms with Gasteiger partial charge in [0.2, 0.25) is 11.8 Å². The van der Waals surface area contributed by atoms with Gasteiger partial charge >= 0.3 is 0 Å². The Kier molecular flexibility index (Phi) is 6.92. The Morgan fingerprint density at radius 3 is 2.59 bits per heavy atom. The van der Waals surface area contributed by atoms with E-state index in [2.05, 4.69) is 4.98 Å². The normalized spacial score (nSPS) is 15.9. The molecule has 4 N–H and O–H groups in total. The zero-order chi connectivity index (χ0) is 27.5. The van der Waals surface area contributed by atoms with E-state index in [0.29, 0.717) is 40.7 Å². The molecule has 1 saturated heterocycles. The highest BCUT2D eigenvalue weighted by Gasteiger charge is 2.33. The first-order valence-electron chi connectivity index (χ1n) is 12.3. The number of carbonyl (C=O) groups is 2. The number of nitro groups is 1. The number of H-pyrrole nitrogens is 1. The zero-order valence-electron chi connectivity index (χ0n) is 20.8. The van der Waals surface area contributed by atoms with E-state index in [0.717, 1.165) is 11.1 Å². The van der Waals surface area contributed by atoms with Crippen LogP contribution in [0.1, 0.15) is 29.5 Å². The summed E-state index contributed by atoms with van der Waals surface area (Å²) in [4.78, 5) is 43.8. The number of likely N-dealkylation sites (tertiary alicyclic amines) is 1. The monoisotopic (exact) mass is 523 g/mol. The first-order chi connectivity index (χ1) is 18.8. The van der Waals surface area contributed by atoms with E-state index < -0.39 is 16.9 Å². The molecule has 1 atom stereocenters. The molecule has 0 saturated carbocycles. The van der Waals surface area contributed by atoms with Gasteiger partial charge in [-0.2, -0.15) is 0 Å². The molecule has 3 aromatic carbocycles. The van der Waals surface area contributed by atoms with Crippen LogP contribution < -0.4 is 5.73 Å². The third-order valence-electron chi connectivity index (χ3n) is 6.66. The Morgan fingerprint density at radius 2 is 1.90 bits per heavy atom. The molecule has 0 spiro atoms. The number of rotatable bonds is 8. The standard InChI is InChI=1S/C29H25N5O5/c30-28(36)24-14-15-25(35)33(24)16-4-5-18-8-10-20(11-9-18)31-27(19-6-2-1-3-7-19)26-22-17-21(34(38)39)12-13-23(22)32-29(26)37/h1-13,17,24,32,37H,14-16H2,(H2,30,36)/b5-4+,31-27?. The first kappa shape index (κ1) is 25.4. The van der Waals surface area contributed by atoms with Crippen molar-refractivity contribution in [2.75, 3.05) is 6.54 Å². The number of aliphatic imine (C=N–C) groups is 1. The predicted octanol–water partition coefficient (Wildman–Crippen LogP) is 4.44. The molecule has 1 aromatic heterocycles. The number of hydrogen-bond donors (Lipinski definition) is 3. The molecular formula is C29H25N5O5. The van der Waals surface area contributed by atoms with Crippen molar-refractivity contribution in [3.8, 4) is 5.88 Å². The number of primary amides is 1. The molecule has 10 heteroatoms. The van der Waals surface area contributed by atoms with Gasteiger partial charge in [0.05, 0.1) is 21.9 Å². The van der Waals surface area contributed by atoms with Crippen LogP contribution in [0.4, 0.5) is 11.4 Å². The number of nitrogens with zero attached hydrogens (tertiary/aromatic N) is 3. The largest absolute Gasteiger partial charge is 0.494 e. The molecule has 1 unspecified atom stereocenters. The van der Waals surface area contributed by atoms with Crippen molar-refractivity contribution in [3.63, 3.8) is 0 Å². The van der Waals surface area contributed by atoms with Gasteiger partial charge in [-0.25, -0.2) is 4.99 Å². The van der Waals surface area contributed by atoms with Crippen LogP contribution in [0.3, 0.4) is 0 Å². The molecule has 0 aliphatic carbocycles. The van der Waals surface area contributed by atoms with Gasteiger partial charge in [-0.05, 0) is 30.2 Å². The molecule has 5 rings (SSSR count). The lowest BCUT2D eigenvalue weighted by Crippen LogP contribution is -2.42. The van der Waals surface area contributed by atoms with Gasteiger partial charge in [-0.3, -0.25) is 19.7 Å². The summed E-state index contributed by atoms with van der Waals surface area (Å²) in [5.41, 5.74) is 8.88. The van der Waals surface area contributed by atoms with Gasteiger partial charge < -0.3 is 20.7 Å². The van der Waals surface area contributed by atoms with E-state index in [9.17, 15) is 24.8 Å². The number of nitro benzene ring substituents is 1. The van der Waals surface area contributed by atoms with Gasteiger partial charge in [0.25, 0.3) is 5.69 Å². The lowest BCUT2D eigenvalue weighted by molar-refractivity contribution is -0.384. The molecule has 0 radical (unpaired) electrons. The van der Waals surface area contributed by atoms with Gasteiger partial charge in [-0.15, -0.1) is 0 Å². The Bertz CT molecular complexity index is 1620. The summed E-state index contributed by atoms with van der Waals surface area (Å²) in [6.45, 7) is 0.288. The summed E-state index contributed by atoms with van der Waals surface area (Å²) in [5, 5.41) is 22.7. The number of carbonyl (C=O) groups excluding carboxylic acids is 2. The zero-order valence-corrected chi connectivity index (χ0v) is 20.8. The predicted molar refractivity (Wildman–Crippen MR) is 148 cm³/mol. The number of nitrogens with two attached hydrogens (primary N) is 1. The highest BCUT2D eigenvalue weighted by atomic mass is 16.6. The molecule has 1 aliphatic heterocycles. The van der Waals surface area contributed by atoms with E-state index >= 15 is 0 Å². The number of benzene rings is 3. The minimum Gasteiger partial charge on any atom is -0.494 e. The summed E-state index contributed by atoms with van der Waals surface area (Å²) in [5.74, 6) is -0.729. The van der Waals surface area contributed by atoms with E-state index in [1.165, 1.54) is 17.0 Å². The maximum absolute atomic E-state index is 12.1. The molecule has 1 aliphatic rings. The van der Waals surface area contributed by atoms with Crippen LogP contribution in [0.25, 0.3) is 17.0 Å². The smallest absolute Gasteiger partial charge is 0.270 e. The Labute approximate surface area is 223 Å². The third-order valence-corrected chi connectivity index (χ3v) is 6.66. The summed E-state index contributed by atoms with van der Waals surface area (Å²) >= 11 is 0. The molecule has 2 heterocycles. The van der Waals surface area contributed by atoms with Crippen molar-refractivity contribution in [1.82, 2.24) is 9.88 Å². The van der Waals surface area contributed by atoms with Crippen LogP contribution in [0.5, 0.6) is 5.88 Å². The quantitative estimate of drug-likeness (QED) is 0.177. The van der Waals surface area contributed by atoms with Crippen molar-refractivity contribution in [3.05, 3.63) is 106 Å². The van der Waals surface area contributed by atoms with E-state index in [1.807, 2.05) is 66.7 Å². The fourth-order valence-corrected chi connectivity index (χ4v) is 4.73. The molecule has 1 fully saturated rings. The van der Waals surface area contributed by atoms with Gasteiger partial charge in [-0.1, -0.05) is 54.6 Å². The summed E-state index contributed by atoms with van der Waals surface area (Å²) < 4.78 is 0. The number of hydrogen-bond acceptors (Lipinski definition) is 6. The maximum Gasteiger partial charge on any atom is 0.270 e. The van der Waals surface area contributed by atoms with E-state index in [-0.39, 0.29) is 24.0 Å². The maximum atomic E-state index is 12.1. The Balaban J connectivity index is 1.46. The number of aromatic nitrogens is 1. The van der Waals surface area contributed by atoms with E-state index in [4.69, 9.17) is 10.7 Å². The Morgan fingerprint density at radius 1 is 1.15 bits per heavy atom. The minimum atomic E-state index is -0.572. The van der Waals surface area contributed by atoms with Crippen LogP contribution in [-0.2, 0) is 9.59 Å². The molecule has 196 valence electrons. The highest BCUT2D eigenvalue weighted by Crippen LogP contribution is 2.33. The van der Waals surface area contributed by atoms with Crippen molar-refractivity contribution in [1.29, 1.82) is 0 Å². The number of nitrogens with one attached hydrogen (secondary N) is 1. The van der Waals surface area contributed by atoms with Gasteiger partial charge in [0.15, 0.2) is 5.88 Å². The lowest BCUT2D eigenvalue weighted by Gasteiger charge is -2.20.